The van der Waals surface area contributed by atoms with Crippen LogP contribution in [-0.4, -0.2) is 57.5 Å². The average molecular weight is 206 g/mol. The quantitative estimate of drug-likeness (QED) is 0.665. The van der Waals surface area contributed by atoms with Crippen molar-refractivity contribution < 1.29 is 8.42 Å². The molecule has 0 amide bonds. The molecule has 1 saturated heterocycles. The summed E-state index contributed by atoms with van der Waals surface area (Å²) in [5.41, 5.74) is 0. The van der Waals surface area contributed by atoms with Crippen LogP contribution in [0.5, 0.6) is 0 Å². The lowest BCUT2D eigenvalue weighted by Crippen LogP contribution is -2.52. The van der Waals surface area contributed by atoms with E-state index in [0.29, 0.717) is 0 Å². The molecule has 1 aliphatic rings. The Morgan fingerprint density at radius 2 is 2.23 bits per heavy atom. The van der Waals surface area contributed by atoms with Crippen LogP contribution in [-0.2, 0) is 9.84 Å². The lowest BCUT2D eigenvalue weighted by atomic mass is 10.2. The van der Waals surface area contributed by atoms with Gasteiger partial charge < -0.3 is 5.32 Å². The topological polar surface area (TPSA) is 49.4 Å². The van der Waals surface area contributed by atoms with E-state index in [4.69, 9.17) is 0 Å². The summed E-state index contributed by atoms with van der Waals surface area (Å²) < 4.78 is 22.7. The van der Waals surface area contributed by atoms with Crippen LogP contribution in [0, 0.1) is 0 Å². The Morgan fingerprint density at radius 3 is 2.77 bits per heavy atom. The van der Waals surface area contributed by atoms with Crippen LogP contribution in [0.25, 0.3) is 0 Å². The third-order valence-electron chi connectivity index (χ3n) is 2.53. The number of nitrogens with one attached hydrogen (secondary N) is 1. The van der Waals surface area contributed by atoms with Gasteiger partial charge in [-0.25, -0.2) is 8.42 Å². The summed E-state index contributed by atoms with van der Waals surface area (Å²) in [6.07, 6.45) is 0. The van der Waals surface area contributed by atoms with Crippen molar-refractivity contribution >= 4 is 9.84 Å². The van der Waals surface area contributed by atoms with E-state index in [0.717, 1.165) is 19.6 Å². The normalized spacial score (nSPS) is 26.2. The Hall–Kier alpha value is -0.130. The second-order valence-electron chi connectivity index (χ2n) is 3.54. The fourth-order valence-electron chi connectivity index (χ4n) is 1.46. The summed E-state index contributed by atoms with van der Waals surface area (Å²) >= 11 is 0. The highest BCUT2D eigenvalue weighted by molar-refractivity contribution is 7.91. The first kappa shape index (κ1) is 10.9. The maximum Gasteiger partial charge on any atom is 0.151 e. The molecule has 0 aromatic heterocycles. The van der Waals surface area contributed by atoms with E-state index in [9.17, 15) is 8.42 Å². The largest absolute Gasteiger partial charge is 0.314 e. The molecule has 5 heteroatoms. The smallest absolute Gasteiger partial charge is 0.151 e. The third-order valence-corrected chi connectivity index (χ3v) is 4.30. The Kier molecular flexibility index (Phi) is 3.70. The number of hydrogen-bond acceptors (Lipinski definition) is 4. The fraction of sp³-hybridized carbons (Fsp3) is 1.00. The van der Waals surface area contributed by atoms with Crippen LogP contribution in [0.3, 0.4) is 0 Å². The van der Waals surface area contributed by atoms with Crippen LogP contribution in [0.4, 0.5) is 0 Å². The van der Waals surface area contributed by atoms with E-state index in [1.807, 2.05) is 7.05 Å². The van der Waals surface area contributed by atoms with E-state index in [2.05, 4.69) is 10.2 Å². The van der Waals surface area contributed by atoms with Gasteiger partial charge in [0, 0.05) is 31.4 Å². The first-order valence-electron chi connectivity index (χ1n) is 4.66. The molecule has 0 aliphatic carbocycles. The first-order chi connectivity index (χ1) is 6.05. The monoisotopic (exact) mass is 206 g/mol. The third kappa shape index (κ3) is 3.25. The highest BCUT2D eigenvalue weighted by Gasteiger charge is 2.23. The van der Waals surface area contributed by atoms with E-state index in [1.165, 1.54) is 0 Å². The van der Waals surface area contributed by atoms with Gasteiger partial charge in [0.2, 0.25) is 0 Å². The second-order valence-corrected chi connectivity index (χ2v) is 5.94. The van der Waals surface area contributed by atoms with Crippen molar-refractivity contribution in [3.8, 4) is 0 Å². The molecule has 1 aliphatic heterocycles. The number of likely N-dealkylation sites (N-methyl/N-ethyl adjacent to an activating group) is 1. The Morgan fingerprint density at radius 1 is 1.54 bits per heavy atom. The van der Waals surface area contributed by atoms with Gasteiger partial charge in [-0.15, -0.1) is 0 Å². The van der Waals surface area contributed by atoms with Gasteiger partial charge >= 0.3 is 0 Å². The van der Waals surface area contributed by atoms with E-state index >= 15 is 0 Å². The van der Waals surface area contributed by atoms with Crippen LogP contribution in [0.2, 0.25) is 0 Å². The maximum atomic E-state index is 11.4. The number of rotatable bonds is 3. The molecule has 78 valence electrons. The molecule has 1 heterocycles. The number of nitrogens with zero attached hydrogens (tertiary/aromatic N) is 1. The molecule has 0 aromatic carbocycles. The molecule has 1 rings (SSSR count). The molecule has 4 nitrogen and oxygen atoms in total. The van der Waals surface area contributed by atoms with Crippen molar-refractivity contribution in [2.24, 2.45) is 0 Å². The Bertz CT molecular complexity index is 251. The fourth-order valence-corrected chi connectivity index (χ4v) is 2.65. The minimum Gasteiger partial charge on any atom is -0.314 e. The van der Waals surface area contributed by atoms with Gasteiger partial charge in [0.05, 0.1) is 5.75 Å². The first-order valence-corrected chi connectivity index (χ1v) is 6.48. The Balaban J connectivity index is 2.52. The minimum atomic E-state index is -2.83. The van der Waals surface area contributed by atoms with Gasteiger partial charge in [0.25, 0.3) is 0 Å². The molecule has 1 atom stereocenters. The van der Waals surface area contributed by atoms with Crippen molar-refractivity contribution in [2.45, 2.75) is 13.0 Å². The summed E-state index contributed by atoms with van der Waals surface area (Å²) in [7, 11) is -0.851. The van der Waals surface area contributed by atoms with Gasteiger partial charge in [-0.05, 0) is 7.05 Å². The maximum absolute atomic E-state index is 11.4. The molecular formula is C8H18N2O2S. The molecule has 0 spiro atoms. The minimum absolute atomic E-state index is 0.152. The molecule has 0 aromatic rings. The summed E-state index contributed by atoms with van der Waals surface area (Å²) in [5.74, 6) is 0.532. The standard InChI is InChI=1S/C8H18N2O2S/c1-3-13(11,12)7-8-6-9-4-5-10(8)2/h8-9H,3-7H2,1-2H3. The number of piperazine rings is 1. The SMILES string of the molecule is CCS(=O)(=O)CC1CNCCN1C. The van der Waals surface area contributed by atoms with E-state index < -0.39 is 9.84 Å². The second kappa shape index (κ2) is 4.39. The lowest BCUT2D eigenvalue weighted by molar-refractivity contribution is 0.216. The lowest BCUT2D eigenvalue weighted by Gasteiger charge is -2.32. The molecule has 0 radical (unpaired) electrons. The highest BCUT2D eigenvalue weighted by Crippen LogP contribution is 2.04. The molecule has 0 saturated carbocycles. The molecule has 0 bridgehead atoms. The van der Waals surface area contributed by atoms with Crippen LogP contribution >= 0.6 is 0 Å². The predicted molar refractivity (Wildman–Crippen MR) is 53.6 cm³/mol. The average Bonchev–Trinajstić information content (AvgIpc) is 2.09. The molecule has 13 heavy (non-hydrogen) atoms. The van der Waals surface area contributed by atoms with Crippen molar-refractivity contribution in [1.82, 2.24) is 10.2 Å². The summed E-state index contributed by atoms with van der Waals surface area (Å²) in [6, 6.07) is 0.152. The molecule has 1 fully saturated rings. The predicted octanol–water partition coefficient (Wildman–Crippen LogP) is -0.675. The van der Waals surface area contributed by atoms with Crippen molar-refractivity contribution in [3.05, 3.63) is 0 Å². The van der Waals surface area contributed by atoms with Crippen LogP contribution < -0.4 is 5.32 Å². The van der Waals surface area contributed by atoms with Crippen molar-refractivity contribution in [2.75, 3.05) is 38.2 Å². The van der Waals surface area contributed by atoms with Crippen molar-refractivity contribution in [1.29, 1.82) is 0 Å². The van der Waals surface area contributed by atoms with Crippen LogP contribution in [0.15, 0.2) is 0 Å². The summed E-state index contributed by atoms with van der Waals surface area (Å²) in [5, 5.41) is 3.21. The number of hydrogen-bond donors (Lipinski definition) is 1. The Labute approximate surface area is 80.2 Å². The molecule has 1 N–H and O–H groups in total. The van der Waals surface area contributed by atoms with Gasteiger partial charge in [-0.2, -0.15) is 0 Å². The zero-order valence-corrected chi connectivity index (χ0v) is 9.10. The summed E-state index contributed by atoms with van der Waals surface area (Å²) in [6.45, 7) is 4.38. The van der Waals surface area contributed by atoms with Gasteiger partial charge in [-0.1, -0.05) is 6.92 Å². The zero-order chi connectivity index (χ0) is 9.90. The van der Waals surface area contributed by atoms with Crippen molar-refractivity contribution in [3.63, 3.8) is 0 Å². The van der Waals surface area contributed by atoms with Crippen LogP contribution in [0.1, 0.15) is 6.92 Å². The van der Waals surface area contributed by atoms with E-state index in [-0.39, 0.29) is 17.5 Å². The molecular weight excluding hydrogens is 188 g/mol. The molecule has 1 unspecified atom stereocenters. The number of sulfone groups is 1. The zero-order valence-electron chi connectivity index (χ0n) is 8.28. The van der Waals surface area contributed by atoms with E-state index in [1.54, 1.807) is 6.92 Å². The van der Waals surface area contributed by atoms with Gasteiger partial charge in [0.1, 0.15) is 0 Å². The highest BCUT2D eigenvalue weighted by atomic mass is 32.2. The van der Waals surface area contributed by atoms with Gasteiger partial charge in [-0.3, -0.25) is 4.90 Å². The van der Waals surface area contributed by atoms with Gasteiger partial charge in [0.15, 0.2) is 9.84 Å². The summed E-state index contributed by atoms with van der Waals surface area (Å²) in [4.78, 5) is 2.11.